The van der Waals surface area contributed by atoms with E-state index in [1.165, 1.54) is 4.68 Å². The third kappa shape index (κ3) is 5.70. The van der Waals surface area contributed by atoms with Gasteiger partial charge >= 0.3 is 5.69 Å². The molecule has 12 heteroatoms. The van der Waals surface area contributed by atoms with E-state index in [0.717, 1.165) is 35.1 Å². The summed E-state index contributed by atoms with van der Waals surface area (Å²) in [6.07, 6.45) is 3.33. The molecule has 48 heavy (non-hydrogen) atoms. The number of carbonyl (C=O) groups excluding carboxylic acids is 3. The molecule has 252 valence electrons. The van der Waals surface area contributed by atoms with Crippen molar-refractivity contribution < 1.29 is 14.4 Å². The Bertz CT molecular complexity index is 1790. The molecule has 1 unspecified atom stereocenters. The van der Waals surface area contributed by atoms with Crippen LogP contribution in [0.15, 0.2) is 41.2 Å². The number of nitrogens with one attached hydrogen (secondary N) is 2. The van der Waals surface area contributed by atoms with E-state index in [0.29, 0.717) is 48.7 Å². The van der Waals surface area contributed by atoms with E-state index in [1.807, 2.05) is 50.2 Å². The third-order valence-electron chi connectivity index (χ3n) is 10.1. The molecule has 12 nitrogen and oxygen atoms in total. The van der Waals surface area contributed by atoms with Crippen LogP contribution in [-0.4, -0.2) is 101 Å². The second kappa shape index (κ2) is 12.7. The summed E-state index contributed by atoms with van der Waals surface area (Å²) in [6, 6.07) is 13.3. The van der Waals surface area contributed by atoms with E-state index in [9.17, 15) is 24.4 Å². The molecule has 2 heterocycles. The minimum Gasteiger partial charge on any atom is -0.345 e. The van der Waals surface area contributed by atoms with E-state index >= 15 is 0 Å². The lowest BCUT2D eigenvalue weighted by Gasteiger charge is -2.35. The van der Waals surface area contributed by atoms with Crippen molar-refractivity contribution in [3.05, 3.63) is 86.1 Å². The highest BCUT2D eigenvalue weighted by atomic mass is 16.2. The zero-order chi connectivity index (χ0) is 34.5. The minimum atomic E-state index is -0.986. The summed E-state index contributed by atoms with van der Waals surface area (Å²) >= 11 is 0. The summed E-state index contributed by atoms with van der Waals surface area (Å²) in [6.45, 7) is 4.27. The molecule has 3 aliphatic rings. The highest BCUT2D eigenvalue weighted by molar-refractivity contribution is 5.95. The van der Waals surface area contributed by atoms with Crippen LogP contribution in [0.5, 0.6) is 0 Å². The highest BCUT2D eigenvalue weighted by Crippen LogP contribution is 2.48. The molecule has 0 radical (unpaired) electrons. The molecule has 6 rings (SSSR count). The van der Waals surface area contributed by atoms with Crippen molar-refractivity contribution in [2.24, 2.45) is 5.92 Å². The molecule has 3 amide bonds. The van der Waals surface area contributed by atoms with Gasteiger partial charge in [0.05, 0.1) is 24.1 Å². The average molecular weight is 653 g/mol. The predicted molar refractivity (Wildman–Crippen MR) is 180 cm³/mol. The summed E-state index contributed by atoms with van der Waals surface area (Å²) in [5.74, 6) is 0.581. The second-order valence-electron chi connectivity index (χ2n) is 14.0. The Hall–Kier alpha value is -4.76. The number of amides is 3. The molecule has 1 saturated heterocycles. The van der Waals surface area contributed by atoms with Crippen molar-refractivity contribution in [2.45, 2.75) is 69.5 Å². The average Bonchev–Trinajstić information content (AvgIpc) is 3.59. The standard InChI is InChI=1S/C36H44N8O4/c1-21(2)44-35(48)39-34(40-44)36(13-14-38-20-31(45)43-27(19-37)17-26-18-30(26)43)28-11-9-24(32(46)41(3)4)15-22(28)7-8-23-16-25(10-12-29(23)36)33(47)42(5)6/h9-12,15-16,21,26-27,30,38H,7-8,13-14,17-18,20H2,1-6H3,(H,39,40,48)/t26-,27?,30+/m1/s1. The number of aromatic amines is 1. The first-order chi connectivity index (χ1) is 22.9. The molecule has 1 aromatic heterocycles. The van der Waals surface area contributed by atoms with Gasteiger partial charge in [-0.25, -0.2) is 9.48 Å². The molecule has 3 aromatic rings. The molecule has 2 aromatic carbocycles. The van der Waals surface area contributed by atoms with Gasteiger partial charge in [0.25, 0.3) is 11.8 Å². The number of H-pyrrole nitrogens is 1. The maximum atomic E-state index is 13.3. The Morgan fingerprint density at radius 1 is 1.00 bits per heavy atom. The van der Waals surface area contributed by atoms with Gasteiger partial charge in [-0.15, -0.1) is 0 Å². The molecule has 2 aliphatic carbocycles. The van der Waals surface area contributed by atoms with Gasteiger partial charge in [-0.2, -0.15) is 10.4 Å². The van der Waals surface area contributed by atoms with Gasteiger partial charge in [-0.05, 0) is 105 Å². The summed E-state index contributed by atoms with van der Waals surface area (Å²) in [4.78, 5) is 60.7. The van der Waals surface area contributed by atoms with E-state index in [1.54, 1.807) is 42.9 Å². The lowest BCUT2D eigenvalue weighted by Crippen LogP contribution is -2.44. The van der Waals surface area contributed by atoms with Gasteiger partial charge < -0.3 is 20.0 Å². The van der Waals surface area contributed by atoms with Crippen molar-refractivity contribution in [1.29, 1.82) is 5.26 Å². The second-order valence-corrected chi connectivity index (χ2v) is 14.0. The number of aromatic nitrogens is 3. The fraction of sp³-hybridized carbons (Fsp3) is 0.500. The van der Waals surface area contributed by atoms with Crippen molar-refractivity contribution in [3.8, 4) is 6.07 Å². The molecule has 1 aliphatic heterocycles. The van der Waals surface area contributed by atoms with E-state index in [4.69, 9.17) is 5.10 Å². The number of rotatable bonds is 9. The largest absolute Gasteiger partial charge is 0.345 e. The Balaban J connectivity index is 1.46. The molecule has 0 bridgehead atoms. The topological polar surface area (TPSA) is 147 Å². The number of aryl methyl sites for hydroxylation is 2. The van der Waals surface area contributed by atoms with E-state index < -0.39 is 5.41 Å². The molecule has 2 N–H and O–H groups in total. The Morgan fingerprint density at radius 3 is 2.08 bits per heavy atom. The van der Waals surface area contributed by atoms with Gasteiger partial charge in [-0.3, -0.25) is 19.4 Å². The number of nitrogens with zero attached hydrogens (tertiary/aromatic N) is 6. The monoisotopic (exact) mass is 652 g/mol. The lowest BCUT2D eigenvalue weighted by atomic mass is 9.69. The summed E-state index contributed by atoms with van der Waals surface area (Å²) in [5, 5.41) is 17.9. The Kier molecular flexibility index (Phi) is 8.76. The zero-order valence-electron chi connectivity index (χ0n) is 28.5. The molecule has 3 atom stereocenters. The number of carbonyl (C=O) groups is 3. The van der Waals surface area contributed by atoms with Gasteiger partial charge in [0.2, 0.25) is 5.91 Å². The zero-order valence-corrected chi connectivity index (χ0v) is 28.5. The van der Waals surface area contributed by atoms with Crippen molar-refractivity contribution in [1.82, 2.24) is 34.8 Å². The van der Waals surface area contributed by atoms with Crippen molar-refractivity contribution in [2.75, 3.05) is 41.3 Å². The van der Waals surface area contributed by atoms with Gasteiger partial charge in [0.15, 0.2) is 0 Å². The third-order valence-corrected chi connectivity index (χ3v) is 10.1. The fourth-order valence-corrected chi connectivity index (χ4v) is 7.65. The van der Waals surface area contributed by atoms with Crippen LogP contribution >= 0.6 is 0 Å². The van der Waals surface area contributed by atoms with Crippen LogP contribution in [0.1, 0.15) is 87.9 Å². The number of hydrogen-bond acceptors (Lipinski definition) is 7. The number of fused-ring (bicyclic) bond motifs is 3. The van der Waals surface area contributed by atoms with Crippen LogP contribution in [0, 0.1) is 17.2 Å². The fourth-order valence-electron chi connectivity index (χ4n) is 7.65. The molecule has 2 fully saturated rings. The number of piperidine rings is 1. The normalized spacial score (nSPS) is 20.3. The Morgan fingerprint density at radius 2 is 1.58 bits per heavy atom. The molecule has 0 spiro atoms. The van der Waals surface area contributed by atoms with Gasteiger partial charge in [-0.1, -0.05) is 12.1 Å². The van der Waals surface area contributed by atoms with Crippen LogP contribution in [0.2, 0.25) is 0 Å². The van der Waals surface area contributed by atoms with Gasteiger partial charge in [0.1, 0.15) is 11.9 Å². The number of nitriles is 1. The smallest absolute Gasteiger partial charge is 0.343 e. The first-order valence-corrected chi connectivity index (χ1v) is 16.7. The molecular weight excluding hydrogens is 608 g/mol. The van der Waals surface area contributed by atoms with Crippen molar-refractivity contribution >= 4 is 17.7 Å². The van der Waals surface area contributed by atoms with Crippen LogP contribution in [0.4, 0.5) is 0 Å². The Labute approximate surface area is 280 Å². The van der Waals surface area contributed by atoms with Crippen molar-refractivity contribution in [3.63, 3.8) is 0 Å². The van der Waals surface area contributed by atoms with E-state index in [-0.39, 0.29) is 48.1 Å². The maximum absolute atomic E-state index is 13.3. The number of benzene rings is 2. The first-order valence-electron chi connectivity index (χ1n) is 16.7. The quantitative estimate of drug-likeness (QED) is 0.338. The summed E-state index contributed by atoms with van der Waals surface area (Å²) < 4.78 is 1.44. The molecule has 1 saturated carbocycles. The number of hydrogen-bond donors (Lipinski definition) is 2. The van der Waals surface area contributed by atoms with Crippen LogP contribution in [0.3, 0.4) is 0 Å². The maximum Gasteiger partial charge on any atom is 0.343 e. The number of likely N-dealkylation sites (tertiary alicyclic amines) is 1. The minimum absolute atomic E-state index is 0.0840. The molecular formula is C36H44N8O4. The predicted octanol–water partition coefficient (Wildman–Crippen LogP) is 2.48. The summed E-state index contributed by atoms with van der Waals surface area (Å²) in [7, 11) is 6.88. The SMILES string of the molecule is CC(C)n1nc(C2(CCNCC(=O)N3C(C#N)C[C@@H]4C[C@@H]43)c3ccc(C(=O)N(C)C)cc3CCc3cc(C(=O)N(C)C)ccc32)[nH]c1=O. The lowest BCUT2D eigenvalue weighted by molar-refractivity contribution is -0.131. The van der Waals surface area contributed by atoms with Crippen LogP contribution < -0.4 is 11.0 Å². The van der Waals surface area contributed by atoms with Gasteiger partial charge in [0, 0.05) is 45.4 Å². The van der Waals surface area contributed by atoms with E-state index in [2.05, 4.69) is 16.4 Å². The first kappa shape index (κ1) is 33.2. The summed E-state index contributed by atoms with van der Waals surface area (Å²) in [5.41, 5.74) is 3.51. The van der Waals surface area contributed by atoms with Crippen LogP contribution in [-0.2, 0) is 23.1 Å². The van der Waals surface area contributed by atoms with Crippen LogP contribution in [0.25, 0.3) is 0 Å². The highest BCUT2D eigenvalue weighted by Gasteiger charge is 2.54.